The number of methoxy groups -OCH3 is 1. The molecule has 2 fully saturated rings. The summed E-state index contributed by atoms with van der Waals surface area (Å²) in [6, 6.07) is 0.590. The largest absolute Gasteiger partial charge is 0.453 e. The number of urea groups is 1. The topological polar surface area (TPSA) is 73.9 Å². The van der Waals surface area contributed by atoms with E-state index in [1.807, 2.05) is 0 Å². The fourth-order valence-electron chi connectivity index (χ4n) is 3.18. The fraction of sp³-hybridized carbons (Fsp3) is 0.867. The highest BCUT2D eigenvalue weighted by atomic mass is 16.5. The van der Waals surface area contributed by atoms with Crippen molar-refractivity contribution in [1.29, 1.82) is 0 Å². The van der Waals surface area contributed by atoms with Crippen LogP contribution in [0.15, 0.2) is 0 Å². The van der Waals surface area contributed by atoms with E-state index in [2.05, 4.69) is 29.4 Å². The zero-order valence-electron chi connectivity index (χ0n) is 13.8. The Balaban J connectivity index is 1.74. The van der Waals surface area contributed by atoms with Crippen molar-refractivity contribution in [1.82, 2.24) is 20.4 Å². The van der Waals surface area contributed by atoms with E-state index in [0.717, 1.165) is 32.4 Å². The maximum Gasteiger partial charge on any atom is 0.409 e. The normalized spacial score (nSPS) is 26.1. The summed E-state index contributed by atoms with van der Waals surface area (Å²) >= 11 is 0. The van der Waals surface area contributed by atoms with Crippen LogP contribution in [-0.2, 0) is 4.74 Å². The Labute approximate surface area is 132 Å². The zero-order valence-corrected chi connectivity index (χ0v) is 13.8. The third-order valence-corrected chi connectivity index (χ3v) is 4.47. The minimum atomic E-state index is -0.324. The second-order valence-corrected chi connectivity index (χ2v) is 6.45. The summed E-state index contributed by atoms with van der Waals surface area (Å²) < 4.78 is 4.74. The summed E-state index contributed by atoms with van der Waals surface area (Å²) in [4.78, 5) is 27.7. The molecule has 126 valence electrons. The number of ether oxygens (including phenoxy) is 1. The van der Waals surface area contributed by atoms with E-state index in [0.29, 0.717) is 19.1 Å². The maximum absolute atomic E-state index is 12.1. The van der Waals surface area contributed by atoms with Gasteiger partial charge in [0.15, 0.2) is 0 Å². The van der Waals surface area contributed by atoms with Gasteiger partial charge in [0, 0.05) is 44.3 Å². The monoisotopic (exact) mass is 312 g/mol. The number of rotatable bonds is 3. The standard InChI is InChI=1S/C15H28N4O3/c1-11(2)18-8-6-13(9-18)17-14(20)16-12-5-4-7-19(10-12)15(21)22-3/h11-13H,4-10H2,1-3H3,(H2,16,17,20)/t12-,13-/m0/s1. The van der Waals surface area contributed by atoms with E-state index in [1.54, 1.807) is 4.90 Å². The van der Waals surface area contributed by atoms with Gasteiger partial charge in [0.2, 0.25) is 0 Å². The van der Waals surface area contributed by atoms with Crippen molar-refractivity contribution >= 4 is 12.1 Å². The molecule has 0 aliphatic carbocycles. The van der Waals surface area contributed by atoms with E-state index in [-0.39, 0.29) is 24.2 Å². The van der Waals surface area contributed by atoms with Gasteiger partial charge >= 0.3 is 12.1 Å². The average Bonchev–Trinajstić information content (AvgIpc) is 2.95. The summed E-state index contributed by atoms with van der Waals surface area (Å²) in [6.07, 6.45) is 2.44. The molecule has 0 spiro atoms. The highest BCUT2D eigenvalue weighted by Gasteiger charge is 2.28. The van der Waals surface area contributed by atoms with Crippen molar-refractivity contribution in [3.8, 4) is 0 Å². The molecular formula is C15H28N4O3. The Hall–Kier alpha value is -1.50. The lowest BCUT2D eigenvalue weighted by Crippen LogP contribution is -2.53. The second kappa shape index (κ2) is 7.67. The summed E-state index contributed by atoms with van der Waals surface area (Å²) in [5, 5.41) is 6.02. The van der Waals surface area contributed by atoms with Crippen LogP contribution in [0.1, 0.15) is 33.1 Å². The molecule has 22 heavy (non-hydrogen) atoms. The molecule has 7 nitrogen and oxygen atoms in total. The Bertz CT molecular complexity index is 402. The minimum absolute atomic E-state index is 0.00421. The molecule has 2 atom stereocenters. The van der Waals surface area contributed by atoms with E-state index >= 15 is 0 Å². The van der Waals surface area contributed by atoms with Gasteiger partial charge in [-0.2, -0.15) is 0 Å². The quantitative estimate of drug-likeness (QED) is 0.815. The molecule has 2 aliphatic heterocycles. The van der Waals surface area contributed by atoms with Gasteiger partial charge < -0.3 is 20.3 Å². The van der Waals surface area contributed by atoms with Gasteiger partial charge in [0.25, 0.3) is 0 Å². The van der Waals surface area contributed by atoms with Gasteiger partial charge in [-0.3, -0.25) is 4.90 Å². The molecule has 0 radical (unpaired) electrons. The van der Waals surface area contributed by atoms with E-state index in [9.17, 15) is 9.59 Å². The van der Waals surface area contributed by atoms with Crippen molar-refractivity contribution in [2.45, 2.75) is 51.2 Å². The number of nitrogens with one attached hydrogen (secondary N) is 2. The minimum Gasteiger partial charge on any atom is -0.453 e. The van der Waals surface area contributed by atoms with Gasteiger partial charge in [-0.05, 0) is 33.1 Å². The van der Waals surface area contributed by atoms with Crippen molar-refractivity contribution in [2.75, 3.05) is 33.3 Å². The first-order chi connectivity index (χ1) is 10.5. The van der Waals surface area contributed by atoms with Crippen LogP contribution >= 0.6 is 0 Å². The lowest BCUT2D eigenvalue weighted by molar-refractivity contribution is 0.108. The first-order valence-electron chi connectivity index (χ1n) is 8.13. The average molecular weight is 312 g/mol. The van der Waals surface area contributed by atoms with Gasteiger partial charge in [0.1, 0.15) is 0 Å². The van der Waals surface area contributed by atoms with Crippen LogP contribution < -0.4 is 10.6 Å². The predicted molar refractivity (Wildman–Crippen MR) is 83.8 cm³/mol. The summed E-state index contributed by atoms with van der Waals surface area (Å²) in [7, 11) is 1.38. The van der Waals surface area contributed by atoms with Crippen LogP contribution in [0, 0.1) is 0 Å². The Kier molecular flexibility index (Phi) is 5.88. The van der Waals surface area contributed by atoms with Gasteiger partial charge in [-0.25, -0.2) is 9.59 Å². The van der Waals surface area contributed by atoms with Crippen LogP contribution in [-0.4, -0.2) is 73.3 Å². The van der Waals surface area contributed by atoms with E-state index in [4.69, 9.17) is 4.74 Å². The molecule has 2 aliphatic rings. The molecule has 2 heterocycles. The number of amides is 3. The molecule has 0 saturated carbocycles. The molecule has 0 unspecified atom stereocenters. The number of nitrogens with zero attached hydrogens (tertiary/aromatic N) is 2. The van der Waals surface area contributed by atoms with Gasteiger partial charge in [0.05, 0.1) is 7.11 Å². The van der Waals surface area contributed by atoms with Crippen molar-refractivity contribution < 1.29 is 14.3 Å². The SMILES string of the molecule is COC(=O)N1CCC[C@H](NC(=O)N[C@H]2CCN(C(C)C)C2)C1. The Morgan fingerprint density at radius 3 is 2.36 bits per heavy atom. The molecule has 0 aromatic carbocycles. The number of hydrogen-bond donors (Lipinski definition) is 2. The fourth-order valence-corrected chi connectivity index (χ4v) is 3.18. The van der Waals surface area contributed by atoms with Crippen LogP contribution in [0.25, 0.3) is 0 Å². The molecular weight excluding hydrogens is 284 g/mol. The number of carbonyl (C=O) groups is 2. The van der Waals surface area contributed by atoms with Gasteiger partial charge in [-0.1, -0.05) is 0 Å². The second-order valence-electron chi connectivity index (χ2n) is 6.45. The lowest BCUT2D eigenvalue weighted by atomic mass is 10.1. The number of hydrogen-bond acceptors (Lipinski definition) is 4. The summed E-state index contributed by atoms with van der Waals surface area (Å²) in [5.41, 5.74) is 0. The van der Waals surface area contributed by atoms with Gasteiger partial charge in [-0.15, -0.1) is 0 Å². The molecule has 3 amide bonds. The van der Waals surface area contributed by atoms with E-state index in [1.165, 1.54) is 7.11 Å². The number of likely N-dealkylation sites (tertiary alicyclic amines) is 2. The highest BCUT2D eigenvalue weighted by Crippen LogP contribution is 2.13. The smallest absolute Gasteiger partial charge is 0.409 e. The van der Waals surface area contributed by atoms with Crippen molar-refractivity contribution in [2.24, 2.45) is 0 Å². The maximum atomic E-state index is 12.1. The van der Waals surface area contributed by atoms with Crippen molar-refractivity contribution in [3.05, 3.63) is 0 Å². The van der Waals surface area contributed by atoms with Crippen LogP contribution in [0.2, 0.25) is 0 Å². The zero-order chi connectivity index (χ0) is 16.1. The highest BCUT2D eigenvalue weighted by molar-refractivity contribution is 5.75. The van der Waals surface area contributed by atoms with Crippen LogP contribution in [0.4, 0.5) is 9.59 Å². The first kappa shape index (κ1) is 16.9. The molecule has 2 rings (SSSR count). The molecule has 0 aromatic heterocycles. The summed E-state index contributed by atoms with van der Waals surface area (Å²) in [6.45, 7) is 7.49. The van der Waals surface area contributed by atoms with Crippen molar-refractivity contribution in [3.63, 3.8) is 0 Å². The number of carbonyl (C=O) groups excluding carboxylic acids is 2. The third-order valence-electron chi connectivity index (χ3n) is 4.47. The first-order valence-corrected chi connectivity index (χ1v) is 8.13. The molecule has 2 saturated heterocycles. The molecule has 0 aromatic rings. The van der Waals surface area contributed by atoms with Crippen LogP contribution in [0.5, 0.6) is 0 Å². The lowest BCUT2D eigenvalue weighted by Gasteiger charge is -2.32. The molecule has 0 bridgehead atoms. The Morgan fingerprint density at radius 2 is 1.77 bits per heavy atom. The van der Waals surface area contributed by atoms with Crippen LogP contribution in [0.3, 0.4) is 0 Å². The Morgan fingerprint density at radius 1 is 1.09 bits per heavy atom. The predicted octanol–water partition coefficient (Wildman–Crippen LogP) is 0.999. The number of piperidine rings is 1. The molecule has 7 heteroatoms. The van der Waals surface area contributed by atoms with E-state index < -0.39 is 0 Å². The third kappa shape index (κ3) is 4.50. The summed E-state index contributed by atoms with van der Waals surface area (Å²) in [5.74, 6) is 0. The molecule has 2 N–H and O–H groups in total.